The summed E-state index contributed by atoms with van der Waals surface area (Å²) in [5.41, 5.74) is 6.41. The summed E-state index contributed by atoms with van der Waals surface area (Å²) < 4.78 is 15.7. The predicted octanol–water partition coefficient (Wildman–Crippen LogP) is 2.10. The molecule has 1 amide bonds. The fourth-order valence-corrected chi connectivity index (χ4v) is 2.63. The highest BCUT2D eigenvalue weighted by molar-refractivity contribution is 5.92. The van der Waals surface area contributed by atoms with Gasteiger partial charge in [0.25, 0.3) is 0 Å². The number of nitrogens with zero attached hydrogens (tertiary/aromatic N) is 1. The first-order chi connectivity index (χ1) is 12.1. The zero-order valence-corrected chi connectivity index (χ0v) is 15.9. The first-order valence-corrected chi connectivity index (χ1v) is 8.34. The average Bonchev–Trinajstić information content (AvgIpc) is 2.53. The van der Waals surface area contributed by atoms with Crippen molar-refractivity contribution in [2.24, 2.45) is 0 Å². The summed E-state index contributed by atoms with van der Waals surface area (Å²) >= 11 is 0. The number of carbonyl (C=O) groups excluding carboxylic acids is 2. The Labute approximate surface area is 153 Å². The second kappa shape index (κ2) is 7.41. The summed E-state index contributed by atoms with van der Waals surface area (Å²) in [5, 5.41) is 3.20. The molecule has 8 nitrogen and oxygen atoms in total. The van der Waals surface area contributed by atoms with Gasteiger partial charge in [-0.25, -0.2) is 9.59 Å². The van der Waals surface area contributed by atoms with E-state index < -0.39 is 17.2 Å². The number of methoxy groups -OCH3 is 2. The second-order valence-electron chi connectivity index (χ2n) is 7.37. The standard InChI is InChI=1S/C18H27N3O5/c1-17(2,3)26-16(23)21-10-18(11-21,25-5)9-20-14-8-12(15(22)24-4)6-7-13(14)19/h6-8,20H,9-11,19H2,1-5H3. The molecule has 0 aliphatic carbocycles. The number of nitrogen functional groups attached to an aromatic ring is 1. The van der Waals surface area contributed by atoms with Gasteiger partial charge in [0, 0.05) is 13.7 Å². The smallest absolute Gasteiger partial charge is 0.410 e. The molecule has 0 bridgehead atoms. The molecule has 0 unspecified atom stereocenters. The van der Waals surface area contributed by atoms with Crippen LogP contribution in [-0.2, 0) is 14.2 Å². The molecule has 26 heavy (non-hydrogen) atoms. The molecule has 1 saturated heterocycles. The van der Waals surface area contributed by atoms with Gasteiger partial charge in [-0.3, -0.25) is 0 Å². The molecule has 1 aliphatic heterocycles. The molecule has 3 N–H and O–H groups in total. The van der Waals surface area contributed by atoms with Gasteiger partial charge in [-0.1, -0.05) is 0 Å². The van der Waals surface area contributed by atoms with Crippen LogP contribution in [0.15, 0.2) is 18.2 Å². The minimum absolute atomic E-state index is 0.364. The number of amides is 1. The highest BCUT2D eigenvalue weighted by Gasteiger charge is 2.47. The monoisotopic (exact) mass is 365 g/mol. The van der Waals surface area contributed by atoms with E-state index in [0.717, 1.165) is 0 Å². The quantitative estimate of drug-likeness (QED) is 0.608. The Kier molecular flexibility index (Phi) is 5.65. The van der Waals surface area contributed by atoms with Crippen LogP contribution < -0.4 is 11.1 Å². The third-order valence-electron chi connectivity index (χ3n) is 4.12. The number of anilines is 2. The molecule has 0 aromatic heterocycles. The van der Waals surface area contributed by atoms with Crippen LogP contribution in [-0.4, -0.2) is 62.0 Å². The SMILES string of the molecule is COC(=O)c1ccc(N)c(NCC2(OC)CN(C(=O)OC(C)(C)C)C2)c1. The Hall–Kier alpha value is -2.48. The van der Waals surface area contributed by atoms with E-state index in [4.69, 9.17) is 19.9 Å². The van der Waals surface area contributed by atoms with Crippen molar-refractivity contribution >= 4 is 23.4 Å². The fourth-order valence-electron chi connectivity index (χ4n) is 2.63. The number of rotatable bonds is 5. The number of hydrogen-bond acceptors (Lipinski definition) is 7. The molecule has 0 spiro atoms. The van der Waals surface area contributed by atoms with E-state index in [0.29, 0.717) is 36.6 Å². The molecule has 2 rings (SSSR count). The molecule has 1 fully saturated rings. The van der Waals surface area contributed by atoms with Crippen molar-refractivity contribution in [3.05, 3.63) is 23.8 Å². The summed E-state index contributed by atoms with van der Waals surface area (Å²) in [6.07, 6.45) is -0.364. The van der Waals surface area contributed by atoms with Crippen LogP contribution in [0.3, 0.4) is 0 Å². The Morgan fingerprint density at radius 2 is 1.92 bits per heavy atom. The van der Waals surface area contributed by atoms with Gasteiger partial charge in [0.2, 0.25) is 0 Å². The highest BCUT2D eigenvalue weighted by Crippen LogP contribution is 2.28. The molecule has 0 atom stereocenters. The third kappa shape index (κ3) is 4.57. The maximum atomic E-state index is 12.1. The van der Waals surface area contributed by atoms with Crippen molar-refractivity contribution in [3.63, 3.8) is 0 Å². The average molecular weight is 365 g/mol. The number of nitrogens with one attached hydrogen (secondary N) is 1. The Bertz CT molecular complexity index is 678. The van der Waals surface area contributed by atoms with Gasteiger partial charge in [0.05, 0.1) is 37.1 Å². The number of esters is 1. The number of hydrogen-bond donors (Lipinski definition) is 2. The van der Waals surface area contributed by atoms with Crippen LogP contribution in [0.25, 0.3) is 0 Å². The van der Waals surface area contributed by atoms with Crippen molar-refractivity contribution < 1.29 is 23.8 Å². The molecular formula is C18H27N3O5. The van der Waals surface area contributed by atoms with Gasteiger partial charge in [-0.15, -0.1) is 0 Å². The molecule has 1 aliphatic rings. The fraction of sp³-hybridized carbons (Fsp3) is 0.556. The van der Waals surface area contributed by atoms with Crippen LogP contribution in [0.2, 0.25) is 0 Å². The molecular weight excluding hydrogens is 338 g/mol. The molecule has 1 heterocycles. The van der Waals surface area contributed by atoms with Gasteiger partial charge >= 0.3 is 12.1 Å². The van der Waals surface area contributed by atoms with Crippen LogP contribution in [0.4, 0.5) is 16.2 Å². The number of nitrogens with two attached hydrogens (primary N) is 1. The van der Waals surface area contributed by atoms with E-state index in [1.54, 1.807) is 30.2 Å². The summed E-state index contributed by atoms with van der Waals surface area (Å²) in [4.78, 5) is 25.3. The van der Waals surface area contributed by atoms with E-state index >= 15 is 0 Å². The highest BCUT2D eigenvalue weighted by atomic mass is 16.6. The van der Waals surface area contributed by atoms with Crippen molar-refractivity contribution in [2.45, 2.75) is 32.0 Å². The van der Waals surface area contributed by atoms with Crippen molar-refractivity contribution in [3.8, 4) is 0 Å². The zero-order valence-electron chi connectivity index (χ0n) is 15.9. The van der Waals surface area contributed by atoms with Crippen LogP contribution in [0.1, 0.15) is 31.1 Å². The molecule has 144 valence electrons. The summed E-state index contributed by atoms with van der Waals surface area (Å²) in [6, 6.07) is 4.88. The zero-order chi connectivity index (χ0) is 19.5. The lowest BCUT2D eigenvalue weighted by Gasteiger charge is -2.48. The third-order valence-corrected chi connectivity index (χ3v) is 4.12. The van der Waals surface area contributed by atoms with E-state index in [1.165, 1.54) is 7.11 Å². The van der Waals surface area contributed by atoms with Gasteiger partial charge in [0.1, 0.15) is 11.2 Å². The number of carbonyl (C=O) groups is 2. The van der Waals surface area contributed by atoms with Gasteiger partial charge in [0.15, 0.2) is 0 Å². The molecule has 0 radical (unpaired) electrons. The first kappa shape index (κ1) is 19.8. The summed E-state index contributed by atoms with van der Waals surface area (Å²) in [5.74, 6) is -0.436. The molecule has 1 aromatic carbocycles. The lowest BCUT2D eigenvalue weighted by atomic mass is 9.94. The Morgan fingerprint density at radius 3 is 2.46 bits per heavy atom. The largest absolute Gasteiger partial charge is 0.465 e. The maximum absolute atomic E-state index is 12.1. The van der Waals surface area contributed by atoms with Crippen molar-refractivity contribution in [1.29, 1.82) is 0 Å². The number of ether oxygens (including phenoxy) is 3. The normalized spacial score (nSPS) is 15.8. The van der Waals surface area contributed by atoms with Gasteiger partial charge < -0.3 is 30.2 Å². The van der Waals surface area contributed by atoms with Gasteiger partial charge in [-0.05, 0) is 39.0 Å². The minimum atomic E-state index is -0.538. The lowest BCUT2D eigenvalue weighted by Crippen LogP contribution is -2.67. The second-order valence-corrected chi connectivity index (χ2v) is 7.37. The van der Waals surface area contributed by atoms with E-state index in [2.05, 4.69) is 5.32 Å². The van der Waals surface area contributed by atoms with Crippen LogP contribution in [0, 0.1) is 0 Å². The Morgan fingerprint density at radius 1 is 1.27 bits per heavy atom. The maximum Gasteiger partial charge on any atom is 0.410 e. The molecule has 1 aromatic rings. The Balaban J connectivity index is 1.98. The van der Waals surface area contributed by atoms with Crippen molar-refractivity contribution in [2.75, 3.05) is 44.9 Å². The van der Waals surface area contributed by atoms with E-state index in [1.807, 2.05) is 20.8 Å². The first-order valence-electron chi connectivity index (χ1n) is 8.34. The van der Waals surface area contributed by atoms with Gasteiger partial charge in [-0.2, -0.15) is 0 Å². The molecule has 8 heteroatoms. The summed E-state index contributed by atoms with van der Waals surface area (Å²) in [7, 11) is 2.92. The topological polar surface area (TPSA) is 103 Å². The van der Waals surface area contributed by atoms with Crippen LogP contribution in [0.5, 0.6) is 0 Å². The minimum Gasteiger partial charge on any atom is -0.465 e. The number of likely N-dealkylation sites (tertiary alicyclic amines) is 1. The summed E-state index contributed by atoms with van der Waals surface area (Å²) in [6.45, 7) is 6.72. The van der Waals surface area contributed by atoms with Crippen LogP contribution >= 0.6 is 0 Å². The van der Waals surface area contributed by atoms with E-state index in [-0.39, 0.29) is 6.09 Å². The molecule has 0 saturated carbocycles. The number of benzene rings is 1. The van der Waals surface area contributed by atoms with Crippen molar-refractivity contribution in [1.82, 2.24) is 4.90 Å². The predicted molar refractivity (Wildman–Crippen MR) is 98.2 cm³/mol. The van der Waals surface area contributed by atoms with E-state index in [9.17, 15) is 9.59 Å². The lowest BCUT2D eigenvalue weighted by molar-refractivity contribution is -0.112.